The first-order chi connectivity index (χ1) is 11.3. The Hall–Kier alpha value is -1.55. The summed E-state index contributed by atoms with van der Waals surface area (Å²) in [5.41, 5.74) is 1.21. The second-order valence-electron chi connectivity index (χ2n) is 7.31. The molecule has 0 spiro atoms. The van der Waals surface area contributed by atoms with Gasteiger partial charge in [-0.2, -0.15) is 0 Å². The molecule has 4 heteroatoms. The summed E-state index contributed by atoms with van der Waals surface area (Å²) in [5.74, 6) is 1.84. The molecule has 1 aromatic rings. The van der Waals surface area contributed by atoms with Crippen molar-refractivity contribution in [3.8, 4) is 0 Å². The molecule has 0 unspecified atom stereocenters. The summed E-state index contributed by atoms with van der Waals surface area (Å²) < 4.78 is 5.89. The molecule has 0 bridgehead atoms. The summed E-state index contributed by atoms with van der Waals surface area (Å²) >= 11 is 0. The van der Waals surface area contributed by atoms with E-state index in [0.29, 0.717) is 18.5 Å². The Labute approximate surface area is 138 Å². The van der Waals surface area contributed by atoms with Gasteiger partial charge >= 0.3 is 6.03 Å². The van der Waals surface area contributed by atoms with E-state index in [1.54, 1.807) is 0 Å². The van der Waals surface area contributed by atoms with Crippen LogP contribution in [0.5, 0.6) is 0 Å². The van der Waals surface area contributed by atoms with Crippen LogP contribution in [0.15, 0.2) is 30.3 Å². The maximum atomic E-state index is 12.3. The molecule has 23 heavy (non-hydrogen) atoms. The van der Waals surface area contributed by atoms with E-state index in [4.69, 9.17) is 4.74 Å². The van der Waals surface area contributed by atoms with Gasteiger partial charge in [-0.1, -0.05) is 30.3 Å². The Morgan fingerprint density at radius 3 is 2.43 bits per heavy atom. The minimum atomic E-state index is 0.00696. The molecule has 2 aliphatic carbocycles. The van der Waals surface area contributed by atoms with Crippen LogP contribution in [0.1, 0.15) is 43.8 Å². The van der Waals surface area contributed by atoms with Crippen LogP contribution >= 0.6 is 0 Å². The summed E-state index contributed by atoms with van der Waals surface area (Å²) in [7, 11) is 0. The van der Waals surface area contributed by atoms with E-state index in [9.17, 15) is 4.79 Å². The van der Waals surface area contributed by atoms with Gasteiger partial charge in [0.15, 0.2) is 0 Å². The van der Waals surface area contributed by atoms with Crippen LogP contribution in [0, 0.1) is 17.8 Å². The Balaban J connectivity index is 1.28. The SMILES string of the molecule is O=C(NC[C@@H]1CCO[C@H]1c1ccccc1)NC(C1CC1)C1CC1. The molecule has 2 amide bonds. The summed E-state index contributed by atoms with van der Waals surface area (Å²) in [5, 5.41) is 6.32. The molecular formula is C19H26N2O2. The molecule has 124 valence electrons. The molecule has 1 heterocycles. The number of urea groups is 1. The lowest BCUT2D eigenvalue weighted by atomic mass is 9.95. The summed E-state index contributed by atoms with van der Waals surface area (Å²) in [4.78, 5) is 12.3. The van der Waals surface area contributed by atoms with Gasteiger partial charge in [0.2, 0.25) is 0 Å². The standard InChI is InChI=1S/C19H26N2O2/c22-19(21-17(13-6-7-13)14-8-9-14)20-12-16-10-11-23-18(16)15-4-2-1-3-5-15/h1-5,13-14,16-18H,6-12H2,(H2,20,21,22)/t16-,18-/m0/s1. The number of ether oxygens (including phenoxy) is 1. The van der Waals surface area contributed by atoms with E-state index in [1.165, 1.54) is 31.2 Å². The average Bonchev–Trinajstić information content (AvgIpc) is 3.50. The number of hydrogen-bond donors (Lipinski definition) is 2. The van der Waals surface area contributed by atoms with E-state index in [2.05, 4.69) is 22.8 Å². The Bertz CT molecular complexity index is 528. The van der Waals surface area contributed by atoms with E-state index in [-0.39, 0.29) is 12.1 Å². The second-order valence-corrected chi connectivity index (χ2v) is 7.31. The normalized spacial score (nSPS) is 27.2. The molecule has 2 N–H and O–H groups in total. The van der Waals surface area contributed by atoms with E-state index in [1.807, 2.05) is 18.2 Å². The molecule has 0 aromatic heterocycles. The number of amides is 2. The van der Waals surface area contributed by atoms with E-state index < -0.39 is 0 Å². The molecule has 1 aromatic carbocycles. The Morgan fingerprint density at radius 2 is 1.78 bits per heavy atom. The topological polar surface area (TPSA) is 50.4 Å². The van der Waals surface area contributed by atoms with Crippen molar-refractivity contribution in [1.82, 2.24) is 10.6 Å². The third-order valence-electron chi connectivity index (χ3n) is 5.42. The lowest BCUT2D eigenvalue weighted by molar-refractivity contribution is 0.0909. The fourth-order valence-corrected chi connectivity index (χ4v) is 3.81. The first-order valence-corrected chi connectivity index (χ1v) is 9.02. The van der Waals surface area contributed by atoms with Crippen LogP contribution in [0.25, 0.3) is 0 Å². The van der Waals surface area contributed by atoms with Gasteiger partial charge in [0.25, 0.3) is 0 Å². The van der Waals surface area contributed by atoms with Gasteiger partial charge in [0.1, 0.15) is 0 Å². The zero-order chi connectivity index (χ0) is 15.6. The van der Waals surface area contributed by atoms with Crippen molar-refractivity contribution in [2.75, 3.05) is 13.2 Å². The van der Waals surface area contributed by atoms with Crippen molar-refractivity contribution >= 4 is 6.03 Å². The van der Waals surface area contributed by atoms with E-state index in [0.717, 1.165) is 24.9 Å². The fraction of sp³-hybridized carbons (Fsp3) is 0.632. The van der Waals surface area contributed by atoms with Crippen LogP contribution in [0.3, 0.4) is 0 Å². The predicted octanol–water partition coefficient (Wildman–Crippen LogP) is 3.25. The average molecular weight is 314 g/mol. The highest BCUT2D eigenvalue weighted by molar-refractivity contribution is 5.74. The molecule has 1 aliphatic heterocycles. The summed E-state index contributed by atoms with van der Waals surface area (Å²) in [6, 6.07) is 10.8. The van der Waals surface area contributed by atoms with Crippen molar-refractivity contribution in [3.05, 3.63) is 35.9 Å². The van der Waals surface area contributed by atoms with Gasteiger partial charge in [-0.25, -0.2) is 4.79 Å². The number of nitrogens with one attached hydrogen (secondary N) is 2. The van der Waals surface area contributed by atoms with Crippen LogP contribution in [0.4, 0.5) is 4.79 Å². The number of carbonyl (C=O) groups excluding carboxylic acids is 1. The van der Waals surface area contributed by atoms with Gasteiger partial charge in [0.05, 0.1) is 6.10 Å². The van der Waals surface area contributed by atoms with Gasteiger partial charge in [-0.3, -0.25) is 0 Å². The molecule has 2 atom stereocenters. The first-order valence-electron chi connectivity index (χ1n) is 9.02. The Kier molecular flexibility index (Phi) is 4.25. The summed E-state index contributed by atoms with van der Waals surface area (Å²) in [6.45, 7) is 1.47. The number of rotatable bonds is 6. The maximum absolute atomic E-state index is 12.3. The van der Waals surface area contributed by atoms with Crippen molar-refractivity contribution in [2.24, 2.45) is 17.8 Å². The van der Waals surface area contributed by atoms with Crippen LogP contribution in [-0.2, 0) is 4.74 Å². The van der Waals surface area contributed by atoms with Crippen molar-refractivity contribution in [1.29, 1.82) is 0 Å². The number of benzene rings is 1. The lowest BCUT2D eigenvalue weighted by Gasteiger charge is -2.22. The van der Waals surface area contributed by atoms with Gasteiger partial charge < -0.3 is 15.4 Å². The van der Waals surface area contributed by atoms with Gasteiger partial charge in [-0.05, 0) is 49.5 Å². The highest BCUT2D eigenvalue weighted by atomic mass is 16.5. The fourth-order valence-electron chi connectivity index (χ4n) is 3.81. The molecule has 1 saturated heterocycles. The third-order valence-corrected chi connectivity index (χ3v) is 5.42. The van der Waals surface area contributed by atoms with Crippen molar-refractivity contribution < 1.29 is 9.53 Å². The van der Waals surface area contributed by atoms with Gasteiger partial charge in [-0.15, -0.1) is 0 Å². The van der Waals surface area contributed by atoms with Crippen LogP contribution < -0.4 is 10.6 Å². The minimum Gasteiger partial charge on any atom is -0.373 e. The highest BCUT2D eigenvalue weighted by Gasteiger charge is 2.42. The molecule has 4 nitrogen and oxygen atoms in total. The molecule has 3 fully saturated rings. The lowest BCUT2D eigenvalue weighted by Crippen LogP contribution is -2.45. The number of carbonyl (C=O) groups is 1. The quantitative estimate of drug-likeness (QED) is 0.847. The highest BCUT2D eigenvalue weighted by Crippen LogP contribution is 2.44. The molecule has 2 saturated carbocycles. The largest absolute Gasteiger partial charge is 0.373 e. The minimum absolute atomic E-state index is 0.00696. The molecular weight excluding hydrogens is 288 g/mol. The summed E-state index contributed by atoms with van der Waals surface area (Å²) in [6.07, 6.45) is 6.26. The Morgan fingerprint density at radius 1 is 1.09 bits per heavy atom. The predicted molar refractivity (Wildman–Crippen MR) is 89.0 cm³/mol. The monoisotopic (exact) mass is 314 g/mol. The van der Waals surface area contributed by atoms with Gasteiger partial charge in [0, 0.05) is 25.1 Å². The van der Waals surface area contributed by atoms with Crippen LogP contribution in [0.2, 0.25) is 0 Å². The molecule has 3 aliphatic rings. The molecule has 4 rings (SSSR count). The first kappa shape index (κ1) is 15.0. The second kappa shape index (κ2) is 6.52. The van der Waals surface area contributed by atoms with E-state index >= 15 is 0 Å². The van der Waals surface area contributed by atoms with Crippen LogP contribution in [-0.4, -0.2) is 25.2 Å². The molecule has 0 radical (unpaired) electrons. The van der Waals surface area contributed by atoms with Crippen molar-refractivity contribution in [2.45, 2.75) is 44.2 Å². The maximum Gasteiger partial charge on any atom is 0.315 e. The smallest absolute Gasteiger partial charge is 0.315 e. The zero-order valence-corrected chi connectivity index (χ0v) is 13.5. The third kappa shape index (κ3) is 3.69. The number of hydrogen-bond acceptors (Lipinski definition) is 2. The van der Waals surface area contributed by atoms with Crippen molar-refractivity contribution in [3.63, 3.8) is 0 Å². The zero-order valence-electron chi connectivity index (χ0n) is 13.5.